The zero-order chi connectivity index (χ0) is 18.5. The minimum absolute atomic E-state index is 0.00423. The van der Waals surface area contributed by atoms with E-state index in [9.17, 15) is 9.59 Å². The first-order valence-corrected chi connectivity index (χ1v) is 9.18. The number of likely N-dealkylation sites (tertiary alicyclic amines) is 1. The topological polar surface area (TPSA) is 67.2 Å². The summed E-state index contributed by atoms with van der Waals surface area (Å²) in [7, 11) is 0. The van der Waals surface area contributed by atoms with E-state index in [1.807, 2.05) is 37.4 Å². The van der Waals surface area contributed by atoms with Crippen LogP contribution in [-0.2, 0) is 22.6 Å². The Hall–Kier alpha value is -2.34. The van der Waals surface area contributed by atoms with Crippen LogP contribution in [-0.4, -0.2) is 46.1 Å². The van der Waals surface area contributed by atoms with Crippen LogP contribution in [0.1, 0.15) is 17.5 Å². The molecule has 1 N–H and O–H groups in total. The second-order valence-electron chi connectivity index (χ2n) is 6.71. The molecule has 0 aliphatic carbocycles. The summed E-state index contributed by atoms with van der Waals surface area (Å²) in [6, 6.07) is 7.61. The van der Waals surface area contributed by atoms with Gasteiger partial charge in [0, 0.05) is 30.9 Å². The number of nitrogens with one attached hydrogen (secondary N) is 1. The lowest BCUT2D eigenvalue weighted by molar-refractivity contribution is -0.131. The predicted molar refractivity (Wildman–Crippen MR) is 99.8 cm³/mol. The van der Waals surface area contributed by atoms with Crippen LogP contribution >= 0.6 is 11.6 Å². The number of hydrogen-bond donors (Lipinski definition) is 1. The van der Waals surface area contributed by atoms with Gasteiger partial charge < -0.3 is 10.2 Å². The van der Waals surface area contributed by atoms with Gasteiger partial charge in [-0.3, -0.25) is 14.3 Å². The van der Waals surface area contributed by atoms with E-state index >= 15 is 0 Å². The zero-order valence-electron chi connectivity index (χ0n) is 14.8. The van der Waals surface area contributed by atoms with Gasteiger partial charge in [-0.05, 0) is 43.0 Å². The van der Waals surface area contributed by atoms with E-state index in [1.165, 1.54) is 0 Å². The molecule has 0 bridgehead atoms. The summed E-state index contributed by atoms with van der Waals surface area (Å²) in [5, 5.41) is 7.82. The fourth-order valence-electron chi connectivity index (χ4n) is 3.12. The second kappa shape index (κ2) is 8.36. The lowest BCUT2D eigenvalue weighted by atomic mass is 10.1. The van der Waals surface area contributed by atoms with Crippen molar-refractivity contribution in [1.29, 1.82) is 0 Å². The fourth-order valence-corrected chi connectivity index (χ4v) is 3.24. The molecule has 2 amide bonds. The first kappa shape index (κ1) is 18.5. The molecule has 1 saturated heterocycles. The van der Waals surface area contributed by atoms with Gasteiger partial charge in [-0.25, -0.2) is 0 Å². The molecule has 2 heterocycles. The Bertz CT molecular complexity index is 772. The number of halogens is 1. The van der Waals surface area contributed by atoms with Crippen LogP contribution in [0.2, 0.25) is 5.02 Å². The van der Waals surface area contributed by atoms with Crippen LogP contribution in [0.15, 0.2) is 36.7 Å². The molecule has 1 atom stereocenters. The van der Waals surface area contributed by atoms with E-state index in [1.54, 1.807) is 15.8 Å². The number of amides is 2. The van der Waals surface area contributed by atoms with Crippen LogP contribution in [0.4, 0.5) is 0 Å². The number of benzene rings is 1. The number of aryl methyl sites for hydroxylation is 1. The van der Waals surface area contributed by atoms with Gasteiger partial charge in [0.25, 0.3) is 0 Å². The number of nitrogens with zero attached hydrogens (tertiary/aromatic N) is 3. The van der Waals surface area contributed by atoms with Crippen LogP contribution < -0.4 is 5.32 Å². The van der Waals surface area contributed by atoms with Crippen LogP contribution in [0.3, 0.4) is 0 Å². The molecule has 0 spiro atoms. The quantitative estimate of drug-likeness (QED) is 0.841. The van der Waals surface area contributed by atoms with Crippen molar-refractivity contribution in [3.05, 3.63) is 52.8 Å². The number of hydrogen-bond acceptors (Lipinski definition) is 3. The van der Waals surface area contributed by atoms with Gasteiger partial charge in [-0.15, -0.1) is 0 Å². The second-order valence-corrected chi connectivity index (χ2v) is 7.14. The highest BCUT2D eigenvalue weighted by atomic mass is 35.5. The Labute approximate surface area is 158 Å². The molecule has 1 fully saturated rings. The molecule has 26 heavy (non-hydrogen) atoms. The standard InChI is InChI=1S/C19H23ClN4O2/c1-14-10-22-24(11-14)13-18(25)23-9-7-16(12-23)19(26)21-8-6-15-2-4-17(20)5-3-15/h2-5,10-11,16H,6-9,12-13H2,1H3,(H,21,26)/t16-/m0/s1. The van der Waals surface area contributed by atoms with E-state index in [2.05, 4.69) is 10.4 Å². The molecule has 0 unspecified atom stereocenters. The highest BCUT2D eigenvalue weighted by Gasteiger charge is 2.30. The van der Waals surface area contributed by atoms with E-state index in [4.69, 9.17) is 11.6 Å². The Morgan fingerprint density at radius 1 is 1.31 bits per heavy atom. The molecule has 6 nitrogen and oxygen atoms in total. The maximum absolute atomic E-state index is 12.3. The van der Waals surface area contributed by atoms with Gasteiger partial charge in [0.1, 0.15) is 6.54 Å². The number of carbonyl (C=O) groups excluding carboxylic acids is 2. The molecule has 2 aromatic rings. The van der Waals surface area contributed by atoms with Crippen LogP contribution in [0.5, 0.6) is 0 Å². The number of rotatable bonds is 6. The van der Waals surface area contributed by atoms with Gasteiger partial charge in [-0.1, -0.05) is 23.7 Å². The SMILES string of the molecule is Cc1cnn(CC(=O)N2CC[C@H](C(=O)NCCc3ccc(Cl)cc3)C2)c1. The summed E-state index contributed by atoms with van der Waals surface area (Å²) in [6.45, 7) is 3.84. The van der Waals surface area contributed by atoms with E-state index in [-0.39, 0.29) is 24.3 Å². The molecular formula is C19H23ClN4O2. The lowest BCUT2D eigenvalue weighted by Crippen LogP contribution is -2.36. The van der Waals surface area contributed by atoms with Gasteiger partial charge in [-0.2, -0.15) is 5.10 Å². The molecule has 0 saturated carbocycles. The van der Waals surface area contributed by atoms with Gasteiger partial charge >= 0.3 is 0 Å². The molecular weight excluding hydrogens is 352 g/mol. The normalized spacial score (nSPS) is 16.7. The third-order valence-corrected chi connectivity index (χ3v) is 4.85. The highest BCUT2D eigenvalue weighted by molar-refractivity contribution is 6.30. The minimum atomic E-state index is -0.136. The third kappa shape index (κ3) is 4.85. The Morgan fingerprint density at radius 2 is 2.08 bits per heavy atom. The molecule has 1 aromatic carbocycles. The van der Waals surface area contributed by atoms with Crippen molar-refractivity contribution < 1.29 is 9.59 Å². The van der Waals surface area contributed by atoms with E-state index in [0.717, 1.165) is 17.5 Å². The first-order chi connectivity index (χ1) is 12.5. The van der Waals surface area contributed by atoms with Gasteiger partial charge in [0.05, 0.1) is 12.1 Å². The molecule has 1 aromatic heterocycles. The van der Waals surface area contributed by atoms with Crippen molar-refractivity contribution in [3.63, 3.8) is 0 Å². The molecule has 1 aliphatic rings. The molecule has 138 valence electrons. The zero-order valence-corrected chi connectivity index (χ0v) is 15.6. The predicted octanol–water partition coefficient (Wildman–Crippen LogP) is 2.05. The number of carbonyl (C=O) groups is 2. The average molecular weight is 375 g/mol. The summed E-state index contributed by atoms with van der Waals surface area (Å²) in [5.74, 6) is -0.114. The van der Waals surface area contributed by atoms with Crippen molar-refractivity contribution in [2.24, 2.45) is 5.92 Å². The van der Waals surface area contributed by atoms with Crippen LogP contribution in [0.25, 0.3) is 0 Å². The Balaban J connectivity index is 1.41. The first-order valence-electron chi connectivity index (χ1n) is 8.80. The summed E-state index contributed by atoms with van der Waals surface area (Å²) in [6.07, 6.45) is 5.04. The summed E-state index contributed by atoms with van der Waals surface area (Å²) >= 11 is 5.87. The molecule has 0 radical (unpaired) electrons. The average Bonchev–Trinajstić information content (AvgIpc) is 3.26. The van der Waals surface area contributed by atoms with Crippen molar-refractivity contribution in [2.45, 2.75) is 26.3 Å². The minimum Gasteiger partial charge on any atom is -0.355 e. The molecule has 7 heteroatoms. The van der Waals surface area contributed by atoms with Gasteiger partial charge in [0.2, 0.25) is 11.8 Å². The summed E-state index contributed by atoms with van der Waals surface area (Å²) in [4.78, 5) is 26.4. The summed E-state index contributed by atoms with van der Waals surface area (Å²) in [5.41, 5.74) is 2.16. The van der Waals surface area contributed by atoms with E-state index in [0.29, 0.717) is 31.1 Å². The fraction of sp³-hybridized carbons (Fsp3) is 0.421. The maximum atomic E-state index is 12.3. The highest BCUT2D eigenvalue weighted by Crippen LogP contribution is 2.17. The Morgan fingerprint density at radius 3 is 2.77 bits per heavy atom. The van der Waals surface area contributed by atoms with Gasteiger partial charge in [0.15, 0.2) is 0 Å². The largest absolute Gasteiger partial charge is 0.355 e. The monoisotopic (exact) mass is 374 g/mol. The lowest BCUT2D eigenvalue weighted by Gasteiger charge is -2.16. The van der Waals surface area contributed by atoms with E-state index < -0.39 is 0 Å². The van der Waals surface area contributed by atoms with Crippen molar-refractivity contribution in [1.82, 2.24) is 20.0 Å². The third-order valence-electron chi connectivity index (χ3n) is 4.60. The van der Waals surface area contributed by atoms with Crippen molar-refractivity contribution in [2.75, 3.05) is 19.6 Å². The van der Waals surface area contributed by atoms with Crippen molar-refractivity contribution >= 4 is 23.4 Å². The van der Waals surface area contributed by atoms with Crippen molar-refractivity contribution in [3.8, 4) is 0 Å². The van der Waals surface area contributed by atoms with Crippen LogP contribution in [0, 0.1) is 12.8 Å². The summed E-state index contributed by atoms with van der Waals surface area (Å²) < 4.78 is 1.64. The molecule has 1 aliphatic heterocycles. The smallest absolute Gasteiger partial charge is 0.244 e. The number of aromatic nitrogens is 2. The maximum Gasteiger partial charge on any atom is 0.244 e. The molecule has 3 rings (SSSR count). The Kier molecular flexibility index (Phi) is 5.93.